The average molecular weight is 613 g/mol. The first-order valence-electron chi connectivity index (χ1n) is 12.0. The Kier molecular flexibility index (Phi) is 8.16. The number of benzene rings is 1. The zero-order valence-corrected chi connectivity index (χ0v) is 24.3. The quantitative estimate of drug-likeness (QED) is 0.403. The van der Waals surface area contributed by atoms with Crippen molar-refractivity contribution in [3.8, 4) is 0 Å². The number of nitrogens with zero attached hydrogens (tertiary/aromatic N) is 3. The van der Waals surface area contributed by atoms with Gasteiger partial charge < -0.3 is 14.5 Å². The molecule has 0 amide bonds. The molecule has 1 aliphatic carbocycles. The van der Waals surface area contributed by atoms with E-state index in [4.69, 9.17) is 32.8 Å². The molecule has 15 heteroatoms. The molecule has 1 aromatic rings. The monoisotopic (exact) mass is 611 g/mol. The number of hydrogen-bond acceptors (Lipinski definition) is 7. The molecule has 0 spiro atoms. The molecule has 1 saturated carbocycles. The van der Waals surface area contributed by atoms with Crippen molar-refractivity contribution in [2.75, 3.05) is 34.8 Å². The first-order chi connectivity index (χ1) is 18.1. The largest absolute Gasteiger partial charge is 0.474 e. The van der Waals surface area contributed by atoms with Gasteiger partial charge in [-0.25, -0.2) is 0 Å². The first-order valence-corrected chi connectivity index (χ1v) is 14.2. The van der Waals surface area contributed by atoms with Gasteiger partial charge in [-0.1, -0.05) is 29.3 Å². The third-order valence-corrected chi connectivity index (χ3v) is 8.98. The predicted molar refractivity (Wildman–Crippen MR) is 141 cm³/mol. The van der Waals surface area contributed by atoms with Crippen LogP contribution in [0, 0.1) is 5.92 Å². The zero-order valence-electron chi connectivity index (χ0n) is 21.9. The summed E-state index contributed by atoms with van der Waals surface area (Å²) in [6.45, 7) is 1.72. The van der Waals surface area contributed by atoms with Crippen molar-refractivity contribution in [2.24, 2.45) is 5.92 Å². The van der Waals surface area contributed by atoms with Crippen LogP contribution < -0.4 is 10.3 Å². The van der Waals surface area contributed by atoms with Gasteiger partial charge in [0.2, 0.25) is 0 Å². The van der Waals surface area contributed by atoms with Crippen LogP contribution in [0.4, 0.5) is 13.2 Å². The van der Waals surface area contributed by atoms with Gasteiger partial charge in [0.05, 0.1) is 5.70 Å². The van der Waals surface area contributed by atoms with Gasteiger partial charge in [0.25, 0.3) is 10.2 Å². The van der Waals surface area contributed by atoms with Crippen molar-refractivity contribution >= 4 is 33.4 Å². The van der Waals surface area contributed by atoms with Gasteiger partial charge in [0.1, 0.15) is 17.9 Å². The smallest absolute Gasteiger partial charge is 0.414 e. The van der Waals surface area contributed by atoms with E-state index in [2.05, 4.69) is 10.3 Å². The molecule has 2 unspecified atom stereocenters. The summed E-state index contributed by atoms with van der Waals surface area (Å²) in [5.74, 6) is 0.756. The van der Waals surface area contributed by atoms with E-state index in [1.807, 2.05) is 6.92 Å². The molecule has 0 radical (unpaired) electrons. The van der Waals surface area contributed by atoms with Gasteiger partial charge in [-0.15, -0.1) is 10.3 Å². The molecule has 4 rings (SSSR count). The second-order valence-corrected chi connectivity index (χ2v) is 12.6. The van der Waals surface area contributed by atoms with Crippen molar-refractivity contribution in [1.82, 2.24) is 24.5 Å². The maximum absolute atomic E-state index is 14.3. The number of halogens is 5. The van der Waals surface area contributed by atoms with Gasteiger partial charge in [0, 0.05) is 55.3 Å². The van der Waals surface area contributed by atoms with E-state index in [9.17, 15) is 21.6 Å². The number of alkyl halides is 3. The summed E-state index contributed by atoms with van der Waals surface area (Å²) in [7, 11) is 0.920. The highest BCUT2D eigenvalue weighted by molar-refractivity contribution is 7.87. The normalized spacial score (nSPS) is 24.1. The van der Waals surface area contributed by atoms with E-state index in [0.29, 0.717) is 26.9 Å². The van der Waals surface area contributed by atoms with Crippen LogP contribution in [-0.2, 0) is 25.3 Å². The molecule has 2 N–H and O–H groups in total. The van der Waals surface area contributed by atoms with Crippen molar-refractivity contribution in [3.05, 3.63) is 68.9 Å². The molecule has 1 aromatic carbocycles. The van der Waals surface area contributed by atoms with Crippen LogP contribution in [0.3, 0.4) is 0 Å². The lowest BCUT2D eigenvalue weighted by molar-refractivity contribution is -0.176. The van der Waals surface area contributed by atoms with E-state index in [0.717, 1.165) is 27.1 Å². The molecule has 3 aliphatic rings. The van der Waals surface area contributed by atoms with E-state index in [1.54, 1.807) is 18.2 Å². The van der Waals surface area contributed by atoms with Crippen LogP contribution in [0.2, 0.25) is 10.0 Å². The summed E-state index contributed by atoms with van der Waals surface area (Å²) in [4.78, 5) is 8.88. The number of hydrogen-bond donors (Lipinski definition) is 2. The Labute approximate surface area is 235 Å². The first kappa shape index (κ1) is 29.8. The Morgan fingerprint density at radius 3 is 2.36 bits per heavy atom. The molecule has 2 atom stereocenters. The summed E-state index contributed by atoms with van der Waals surface area (Å²) in [6.07, 6.45) is -0.398. The molecular formula is C24H30Cl2F3N5O4S. The van der Waals surface area contributed by atoms with Gasteiger partial charge in [-0.05, 0) is 44.1 Å². The van der Waals surface area contributed by atoms with Crippen molar-refractivity contribution in [2.45, 2.75) is 37.5 Å². The number of hydrazine groups is 1. The zero-order chi connectivity index (χ0) is 28.9. The minimum atomic E-state index is -4.75. The molecule has 2 aliphatic heterocycles. The lowest BCUT2D eigenvalue weighted by Gasteiger charge is -2.40. The number of nitrogens with one attached hydrogen (secondary N) is 2. The van der Waals surface area contributed by atoms with Crippen LogP contribution in [-0.4, -0.2) is 69.6 Å². The fourth-order valence-electron chi connectivity index (χ4n) is 4.57. The molecule has 2 heterocycles. The SMILES string of the molecule is CN(NS(=O)(=O)N(C)C)C1=CC=C(OCC2=C(C3CC3)ONC2(C)c2c(Cl)cccc2Cl)N(C)C1C(F)(F)F. The molecule has 0 aromatic heterocycles. The van der Waals surface area contributed by atoms with E-state index < -0.39 is 28.0 Å². The van der Waals surface area contributed by atoms with Crippen molar-refractivity contribution in [3.63, 3.8) is 0 Å². The van der Waals surface area contributed by atoms with Gasteiger partial charge in [-0.3, -0.25) is 5.01 Å². The summed E-state index contributed by atoms with van der Waals surface area (Å²) in [6, 6.07) is 2.92. The van der Waals surface area contributed by atoms with Crippen molar-refractivity contribution < 1.29 is 31.2 Å². The highest BCUT2D eigenvalue weighted by Gasteiger charge is 2.50. The summed E-state index contributed by atoms with van der Waals surface area (Å²) in [5, 5.41) is 1.63. The second-order valence-electron chi connectivity index (χ2n) is 9.92. The third kappa shape index (κ3) is 5.84. The average Bonchev–Trinajstić information content (AvgIpc) is 3.60. The molecule has 0 bridgehead atoms. The number of likely N-dealkylation sites (N-methyl/N-ethyl adjacent to an activating group) is 2. The Balaban J connectivity index is 1.65. The number of allylic oxidation sites excluding steroid dienone is 3. The Hall–Kier alpha value is -2.16. The van der Waals surface area contributed by atoms with Gasteiger partial charge in [-0.2, -0.15) is 25.9 Å². The van der Waals surface area contributed by atoms with Crippen LogP contribution in [0.1, 0.15) is 25.3 Å². The van der Waals surface area contributed by atoms with Crippen LogP contribution >= 0.6 is 23.2 Å². The molecule has 9 nitrogen and oxygen atoms in total. The Morgan fingerprint density at radius 1 is 1.21 bits per heavy atom. The number of rotatable bonds is 9. The molecule has 39 heavy (non-hydrogen) atoms. The summed E-state index contributed by atoms with van der Waals surface area (Å²) in [5.41, 5.74) is 2.93. The van der Waals surface area contributed by atoms with Crippen molar-refractivity contribution in [1.29, 1.82) is 0 Å². The topological polar surface area (TPSA) is 86.4 Å². The fraction of sp³-hybridized carbons (Fsp3) is 0.500. The van der Waals surface area contributed by atoms with E-state index in [-0.39, 0.29) is 24.1 Å². The highest BCUT2D eigenvalue weighted by atomic mass is 35.5. The Bertz CT molecular complexity index is 1310. The fourth-order valence-corrected chi connectivity index (χ4v) is 5.96. The summed E-state index contributed by atoms with van der Waals surface area (Å²) >= 11 is 13.0. The molecule has 216 valence electrons. The predicted octanol–water partition coefficient (Wildman–Crippen LogP) is 4.27. The molecule has 0 saturated heterocycles. The second kappa shape index (κ2) is 10.7. The number of ether oxygens (including phenoxy) is 1. The highest BCUT2D eigenvalue weighted by Crippen LogP contribution is 2.49. The summed E-state index contributed by atoms with van der Waals surface area (Å²) < 4.78 is 74.1. The molecule has 1 fully saturated rings. The van der Waals surface area contributed by atoms with Crippen LogP contribution in [0.25, 0.3) is 0 Å². The van der Waals surface area contributed by atoms with E-state index in [1.165, 1.54) is 40.3 Å². The minimum absolute atomic E-state index is 0.0629. The third-order valence-electron chi connectivity index (χ3n) is 6.88. The number of hydroxylamine groups is 1. The lowest BCUT2D eigenvalue weighted by atomic mass is 9.84. The standard InChI is InChI=1S/C24H30Cl2F3N5O4S/c1-23(20-16(25)7-6-8-17(20)26)15(21(38-30-23)14-9-10-14)13-37-19-12-11-18(22(33(19)4)24(27,28)29)34(5)31-39(35,36)32(2)3/h6-8,11-12,14,22,30-31H,9-10,13H2,1-5H3. The lowest BCUT2D eigenvalue weighted by Crippen LogP contribution is -2.54. The van der Waals surface area contributed by atoms with Crippen LogP contribution in [0.15, 0.2) is 53.3 Å². The van der Waals surface area contributed by atoms with E-state index >= 15 is 0 Å². The maximum atomic E-state index is 14.3. The Morgan fingerprint density at radius 2 is 1.82 bits per heavy atom. The van der Waals surface area contributed by atoms with Gasteiger partial charge in [0.15, 0.2) is 11.9 Å². The van der Waals surface area contributed by atoms with Crippen LogP contribution in [0.5, 0.6) is 0 Å². The minimum Gasteiger partial charge on any atom is -0.474 e. The van der Waals surface area contributed by atoms with Gasteiger partial charge >= 0.3 is 6.18 Å². The maximum Gasteiger partial charge on any atom is 0.414 e. The molecular weight excluding hydrogens is 582 g/mol.